The highest BCUT2D eigenvalue weighted by molar-refractivity contribution is 6.36. The van der Waals surface area contributed by atoms with Gasteiger partial charge in [0.15, 0.2) is 6.61 Å². The Morgan fingerprint density at radius 3 is 2.63 bits per heavy atom. The molecule has 1 aromatic rings. The molecule has 0 saturated carbocycles. The Morgan fingerprint density at radius 2 is 2.05 bits per heavy atom. The van der Waals surface area contributed by atoms with Gasteiger partial charge in [-0.3, -0.25) is 4.79 Å². The van der Waals surface area contributed by atoms with Crippen molar-refractivity contribution in [3.63, 3.8) is 0 Å². The van der Waals surface area contributed by atoms with Crippen LogP contribution in [0.3, 0.4) is 0 Å². The summed E-state index contributed by atoms with van der Waals surface area (Å²) < 4.78 is 4.88. The van der Waals surface area contributed by atoms with Gasteiger partial charge in [-0.15, -0.1) is 0 Å². The van der Waals surface area contributed by atoms with E-state index in [1.54, 1.807) is 0 Å². The molecule has 0 bridgehead atoms. The van der Waals surface area contributed by atoms with E-state index in [4.69, 9.17) is 27.9 Å². The fourth-order valence-corrected chi connectivity index (χ4v) is 1.77. The molecule has 0 aliphatic carbocycles. The predicted molar refractivity (Wildman–Crippen MR) is 74.6 cm³/mol. The van der Waals surface area contributed by atoms with Crippen LogP contribution in [0.4, 0.5) is 0 Å². The molecular weight excluding hydrogens is 289 g/mol. The summed E-state index contributed by atoms with van der Waals surface area (Å²) in [7, 11) is 0. The SMILES string of the molecule is CC[C@H](C)NC(=O)COC(=O)c1ccc(Cl)cc1Cl. The van der Waals surface area contributed by atoms with E-state index in [1.165, 1.54) is 18.2 Å². The Labute approximate surface area is 122 Å². The molecule has 1 atom stereocenters. The van der Waals surface area contributed by atoms with Crippen molar-refractivity contribution >= 4 is 35.1 Å². The molecule has 1 N–H and O–H groups in total. The highest BCUT2D eigenvalue weighted by atomic mass is 35.5. The van der Waals surface area contributed by atoms with E-state index in [2.05, 4.69) is 5.32 Å². The van der Waals surface area contributed by atoms with E-state index in [1.807, 2.05) is 13.8 Å². The van der Waals surface area contributed by atoms with Gasteiger partial charge in [0, 0.05) is 11.1 Å². The Morgan fingerprint density at radius 1 is 1.37 bits per heavy atom. The van der Waals surface area contributed by atoms with E-state index >= 15 is 0 Å². The van der Waals surface area contributed by atoms with Gasteiger partial charge in [0.05, 0.1) is 10.6 Å². The second-order valence-corrected chi connectivity index (χ2v) is 4.92. The summed E-state index contributed by atoms with van der Waals surface area (Å²) in [6.45, 7) is 3.49. The van der Waals surface area contributed by atoms with Crippen LogP contribution in [0, 0.1) is 0 Å². The fourth-order valence-electron chi connectivity index (χ4n) is 1.28. The first-order chi connectivity index (χ1) is 8.93. The molecule has 0 heterocycles. The van der Waals surface area contributed by atoms with Gasteiger partial charge >= 0.3 is 5.97 Å². The summed E-state index contributed by atoms with van der Waals surface area (Å²) in [6, 6.07) is 4.48. The second-order valence-electron chi connectivity index (χ2n) is 4.08. The van der Waals surface area contributed by atoms with E-state index in [0.717, 1.165) is 6.42 Å². The fraction of sp³-hybridized carbons (Fsp3) is 0.385. The Bertz CT molecular complexity index is 477. The predicted octanol–water partition coefficient (Wildman–Crippen LogP) is 3.06. The first-order valence-electron chi connectivity index (χ1n) is 5.85. The number of carbonyl (C=O) groups is 2. The van der Waals surface area contributed by atoms with Crippen molar-refractivity contribution in [3.8, 4) is 0 Å². The van der Waals surface area contributed by atoms with Crippen molar-refractivity contribution < 1.29 is 14.3 Å². The largest absolute Gasteiger partial charge is 0.452 e. The monoisotopic (exact) mass is 303 g/mol. The maximum atomic E-state index is 11.7. The third-order valence-electron chi connectivity index (χ3n) is 2.51. The average molecular weight is 304 g/mol. The molecule has 0 spiro atoms. The maximum Gasteiger partial charge on any atom is 0.340 e. The molecule has 1 rings (SSSR count). The van der Waals surface area contributed by atoms with Crippen LogP contribution in [-0.4, -0.2) is 24.5 Å². The van der Waals surface area contributed by atoms with Gasteiger partial charge in [0.1, 0.15) is 0 Å². The number of esters is 1. The molecule has 0 unspecified atom stereocenters. The summed E-state index contributed by atoms with van der Waals surface area (Å²) in [5, 5.41) is 3.31. The average Bonchev–Trinajstić information content (AvgIpc) is 2.35. The van der Waals surface area contributed by atoms with E-state index in [9.17, 15) is 9.59 Å². The molecule has 0 radical (unpaired) electrons. The van der Waals surface area contributed by atoms with E-state index < -0.39 is 5.97 Å². The molecule has 0 aliphatic heterocycles. The van der Waals surface area contributed by atoms with Crippen molar-refractivity contribution in [2.45, 2.75) is 26.3 Å². The Kier molecular flexibility index (Phi) is 6.12. The lowest BCUT2D eigenvalue weighted by atomic mass is 10.2. The summed E-state index contributed by atoms with van der Waals surface area (Å²) in [5.74, 6) is -0.992. The standard InChI is InChI=1S/C13H15Cl2NO3/c1-3-8(2)16-12(17)7-19-13(18)10-5-4-9(14)6-11(10)15/h4-6,8H,3,7H2,1-2H3,(H,16,17)/t8-/m0/s1. The van der Waals surface area contributed by atoms with Crippen molar-refractivity contribution in [2.24, 2.45) is 0 Å². The molecular formula is C13H15Cl2NO3. The smallest absolute Gasteiger partial charge is 0.340 e. The van der Waals surface area contributed by atoms with Crippen LogP contribution in [0.2, 0.25) is 10.0 Å². The summed E-state index contributed by atoms with van der Waals surface area (Å²) >= 11 is 11.6. The number of amides is 1. The highest BCUT2D eigenvalue weighted by Gasteiger charge is 2.14. The van der Waals surface area contributed by atoms with Crippen molar-refractivity contribution in [3.05, 3.63) is 33.8 Å². The summed E-state index contributed by atoms with van der Waals surface area (Å²) in [6.07, 6.45) is 0.808. The maximum absolute atomic E-state index is 11.7. The van der Waals surface area contributed by atoms with Crippen LogP contribution < -0.4 is 5.32 Å². The first kappa shape index (κ1) is 15.8. The van der Waals surface area contributed by atoms with Gasteiger partial charge < -0.3 is 10.1 Å². The van der Waals surface area contributed by atoms with Crippen LogP contribution in [0.5, 0.6) is 0 Å². The van der Waals surface area contributed by atoms with Gasteiger partial charge in [-0.1, -0.05) is 30.1 Å². The van der Waals surface area contributed by atoms with Crippen LogP contribution in [0.25, 0.3) is 0 Å². The molecule has 1 amide bonds. The lowest BCUT2D eigenvalue weighted by Gasteiger charge is -2.11. The van der Waals surface area contributed by atoms with Crippen molar-refractivity contribution in [2.75, 3.05) is 6.61 Å². The molecule has 0 aliphatic rings. The number of nitrogens with one attached hydrogen (secondary N) is 1. The number of benzene rings is 1. The van der Waals surface area contributed by atoms with Crippen LogP contribution in [-0.2, 0) is 9.53 Å². The number of halogens is 2. The minimum atomic E-state index is -0.652. The third-order valence-corrected chi connectivity index (χ3v) is 3.05. The normalized spacial score (nSPS) is 11.8. The molecule has 0 fully saturated rings. The van der Waals surface area contributed by atoms with Crippen LogP contribution >= 0.6 is 23.2 Å². The van der Waals surface area contributed by atoms with Gasteiger partial charge in [0.25, 0.3) is 5.91 Å². The molecule has 6 heteroatoms. The second kappa shape index (κ2) is 7.36. The van der Waals surface area contributed by atoms with Gasteiger partial charge in [-0.2, -0.15) is 0 Å². The highest BCUT2D eigenvalue weighted by Crippen LogP contribution is 2.21. The molecule has 4 nitrogen and oxygen atoms in total. The third kappa shape index (κ3) is 5.09. The zero-order valence-corrected chi connectivity index (χ0v) is 12.2. The minimum Gasteiger partial charge on any atom is -0.452 e. The molecule has 104 valence electrons. The number of hydrogen-bond donors (Lipinski definition) is 1. The number of carbonyl (C=O) groups excluding carboxylic acids is 2. The Hall–Kier alpha value is -1.26. The van der Waals surface area contributed by atoms with Crippen LogP contribution in [0.1, 0.15) is 30.6 Å². The summed E-state index contributed by atoms with van der Waals surface area (Å²) in [4.78, 5) is 23.2. The summed E-state index contributed by atoms with van der Waals surface area (Å²) in [5.41, 5.74) is 0.183. The lowest BCUT2D eigenvalue weighted by Crippen LogP contribution is -2.35. The Balaban J connectivity index is 2.54. The van der Waals surface area contributed by atoms with E-state index in [-0.39, 0.29) is 29.1 Å². The first-order valence-corrected chi connectivity index (χ1v) is 6.61. The quantitative estimate of drug-likeness (QED) is 0.851. The van der Waals surface area contributed by atoms with E-state index in [0.29, 0.717) is 5.02 Å². The molecule has 1 aromatic carbocycles. The zero-order chi connectivity index (χ0) is 14.4. The van der Waals surface area contributed by atoms with Crippen LogP contribution in [0.15, 0.2) is 18.2 Å². The number of hydrogen-bond acceptors (Lipinski definition) is 3. The topological polar surface area (TPSA) is 55.4 Å². The van der Waals surface area contributed by atoms with Gasteiger partial charge in [-0.25, -0.2) is 4.79 Å². The molecule has 0 saturated heterocycles. The van der Waals surface area contributed by atoms with Gasteiger partial charge in [-0.05, 0) is 31.5 Å². The van der Waals surface area contributed by atoms with Gasteiger partial charge in [0.2, 0.25) is 0 Å². The lowest BCUT2D eigenvalue weighted by molar-refractivity contribution is -0.124. The molecule has 0 aromatic heterocycles. The zero-order valence-electron chi connectivity index (χ0n) is 10.7. The van der Waals surface area contributed by atoms with Crippen molar-refractivity contribution in [1.82, 2.24) is 5.32 Å². The minimum absolute atomic E-state index is 0.0466. The molecule has 19 heavy (non-hydrogen) atoms. The number of rotatable bonds is 5. The number of ether oxygens (including phenoxy) is 1. The van der Waals surface area contributed by atoms with Crippen molar-refractivity contribution in [1.29, 1.82) is 0 Å².